The average molecular weight is 333 g/mol. The van der Waals surface area contributed by atoms with Crippen LogP contribution < -0.4 is 11.1 Å². The zero-order valence-corrected chi connectivity index (χ0v) is 14.7. The monoisotopic (exact) mass is 332 g/mol. The maximum absolute atomic E-state index is 12.4. The van der Waals surface area contributed by atoms with Crippen LogP contribution in [0.1, 0.15) is 37.8 Å². The van der Waals surface area contributed by atoms with Crippen LogP contribution >= 0.6 is 12.4 Å². The topological polar surface area (TPSA) is 55.1 Å². The van der Waals surface area contributed by atoms with Gasteiger partial charge in [0.15, 0.2) is 0 Å². The van der Waals surface area contributed by atoms with Gasteiger partial charge in [-0.2, -0.15) is 0 Å². The fraction of sp³-hybridized carbons (Fsp3) is 0.316. The Morgan fingerprint density at radius 2 is 1.61 bits per heavy atom. The Kier molecular flexibility index (Phi) is 6.79. The summed E-state index contributed by atoms with van der Waals surface area (Å²) in [5, 5.41) is 2.95. The van der Waals surface area contributed by atoms with Gasteiger partial charge in [-0.25, -0.2) is 0 Å². The van der Waals surface area contributed by atoms with E-state index in [0.29, 0.717) is 0 Å². The number of amides is 1. The molecule has 0 saturated carbocycles. The summed E-state index contributed by atoms with van der Waals surface area (Å²) in [5.41, 5.74) is 8.86. The van der Waals surface area contributed by atoms with Crippen molar-refractivity contribution in [2.45, 2.75) is 32.1 Å². The zero-order chi connectivity index (χ0) is 16.2. The second kappa shape index (κ2) is 8.14. The Morgan fingerprint density at radius 1 is 1.04 bits per heavy atom. The molecule has 0 fully saturated rings. The average Bonchev–Trinajstić information content (AvgIpc) is 2.48. The molecule has 1 atom stereocenters. The van der Waals surface area contributed by atoms with Gasteiger partial charge < -0.3 is 11.1 Å². The molecular weight excluding hydrogens is 308 g/mol. The maximum Gasteiger partial charge on any atom is 0.233 e. The highest BCUT2D eigenvalue weighted by Crippen LogP contribution is 2.24. The van der Waals surface area contributed by atoms with Crippen molar-refractivity contribution in [3.63, 3.8) is 0 Å². The van der Waals surface area contributed by atoms with Gasteiger partial charge in [0, 0.05) is 12.2 Å². The van der Waals surface area contributed by atoms with E-state index in [1.165, 1.54) is 5.56 Å². The van der Waals surface area contributed by atoms with Crippen molar-refractivity contribution < 1.29 is 4.79 Å². The molecule has 3 N–H and O–H groups in total. The molecule has 2 rings (SSSR count). The van der Waals surface area contributed by atoms with Gasteiger partial charge in [-0.05, 0) is 28.7 Å². The fourth-order valence-corrected chi connectivity index (χ4v) is 2.36. The lowest BCUT2D eigenvalue weighted by molar-refractivity contribution is -0.117. The highest BCUT2D eigenvalue weighted by molar-refractivity contribution is 5.96. The SMILES string of the molecule is CC(C)(C)c1ccc(NC(=O)C(CN)c2ccccc2)cc1.Cl. The predicted molar refractivity (Wildman–Crippen MR) is 99.3 cm³/mol. The first-order valence-electron chi connectivity index (χ1n) is 7.58. The number of benzene rings is 2. The molecule has 0 bridgehead atoms. The lowest BCUT2D eigenvalue weighted by Gasteiger charge is -2.20. The van der Waals surface area contributed by atoms with E-state index >= 15 is 0 Å². The van der Waals surface area contributed by atoms with Crippen molar-refractivity contribution in [3.05, 3.63) is 65.7 Å². The van der Waals surface area contributed by atoms with Gasteiger partial charge in [0.2, 0.25) is 5.91 Å². The largest absolute Gasteiger partial charge is 0.329 e. The van der Waals surface area contributed by atoms with Crippen LogP contribution in [0.3, 0.4) is 0 Å². The molecule has 4 heteroatoms. The number of rotatable bonds is 4. The molecule has 0 radical (unpaired) electrons. The van der Waals surface area contributed by atoms with Crippen LogP contribution in [0, 0.1) is 0 Å². The van der Waals surface area contributed by atoms with E-state index < -0.39 is 0 Å². The smallest absolute Gasteiger partial charge is 0.233 e. The van der Waals surface area contributed by atoms with Gasteiger partial charge in [0.05, 0.1) is 5.92 Å². The Morgan fingerprint density at radius 3 is 2.09 bits per heavy atom. The first kappa shape index (κ1) is 19.2. The summed E-state index contributed by atoms with van der Waals surface area (Å²) in [6.45, 7) is 6.79. The number of carbonyl (C=O) groups is 1. The molecule has 0 aromatic heterocycles. The van der Waals surface area contributed by atoms with Crippen molar-refractivity contribution in [3.8, 4) is 0 Å². The van der Waals surface area contributed by atoms with Crippen molar-refractivity contribution >= 4 is 24.0 Å². The zero-order valence-electron chi connectivity index (χ0n) is 13.9. The number of nitrogens with two attached hydrogens (primary N) is 1. The summed E-state index contributed by atoms with van der Waals surface area (Å²) in [6, 6.07) is 17.6. The van der Waals surface area contributed by atoms with E-state index in [1.54, 1.807) is 0 Å². The minimum absolute atomic E-state index is 0. The maximum atomic E-state index is 12.4. The molecule has 0 heterocycles. The number of anilines is 1. The van der Waals surface area contributed by atoms with E-state index in [4.69, 9.17) is 5.73 Å². The molecule has 3 nitrogen and oxygen atoms in total. The quantitative estimate of drug-likeness (QED) is 0.886. The number of carbonyl (C=O) groups excluding carboxylic acids is 1. The third-order valence-electron chi connectivity index (χ3n) is 3.77. The van der Waals surface area contributed by atoms with E-state index in [2.05, 4.69) is 38.2 Å². The minimum atomic E-state index is -0.330. The Balaban J connectivity index is 0.00000264. The minimum Gasteiger partial charge on any atom is -0.329 e. The molecule has 124 valence electrons. The number of halogens is 1. The third kappa shape index (κ3) is 5.08. The van der Waals surface area contributed by atoms with E-state index in [9.17, 15) is 4.79 Å². The molecule has 2 aromatic rings. The molecular formula is C19H25ClN2O. The number of hydrogen-bond acceptors (Lipinski definition) is 2. The summed E-state index contributed by atoms with van der Waals surface area (Å²) in [4.78, 5) is 12.4. The summed E-state index contributed by atoms with van der Waals surface area (Å²) < 4.78 is 0. The van der Waals surface area contributed by atoms with Gasteiger partial charge in [0.1, 0.15) is 0 Å². The van der Waals surface area contributed by atoms with Crippen LogP contribution in [-0.4, -0.2) is 12.5 Å². The van der Waals surface area contributed by atoms with Crippen LogP contribution in [0.5, 0.6) is 0 Å². The molecule has 0 saturated heterocycles. The third-order valence-corrected chi connectivity index (χ3v) is 3.77. The van der Waals surface area contributed by atoms with Gasteiger partial charge in [-0.1, -0.05) is 63.2 Å². The first-order valence-corrected chi connectivity index (χ1v) is 7.58. The lowest BCUT2D eigenvalue weighted by Crippen LogP contribution is -2.27. The molecule has 2 aromatic carbocycles. The molecule has 0 spiro atoms. The van der Waals surface area contributed by atoms with Gasteiger partial charge in [-0.3, -0.25) is 4.79 Å². The van der Waals surface area contributed by atoms with E-state index in [1.807, 2.05) is 42.5 Å². The van der Waals surface area contributed by atoms with Crippen molar-refractivity contribution in [2.75, 3.05) is 11.9 Å². The standard InChI is InChI=1S/C19H24N2O.ClH/c1-19(2,3)15-9-11-16(12-10-15)21-18(22)17(13-20)14-7-5-4-6-8-14;/h4-12,17H,13,20H2,1-3H3,(H,21,22);1H. The molecule has 23 heavy (non-hydrogen) atoms. The van der Waals surface area contributed by atoms with E-state index in [-0.39, 0.29) is 36.2 Å². The van der Waals surface area contributed by atoms with Crippen LogP contribution in [-0.2, 0) is 10.2 Å². The Bertz CT molecular complexity index is 618. The fourth-order valence-electron chi connectivity index (χ4n) is 2.36. The summed E-state index contributed by atoms with van der Waals surface area (Å²) in [5.74, 6) is -0.402. The molecule has 1 unspecified atom stereocenters. The van der Waals surface area contributed by atoms with Gasteiger partial charge >= 0.3 is 0 Å². The summed E-state index contributed by atoms with van der Waals surface area (Å²) in [7, 11) is 0. The van der Waals surface area contributed by atoms with E-state index in [0.717, 1.165) is 11.3 Å². The Labute approximate surface area is 144 Å². The summed E-state index contributed by atoms with van der Waals surface area (Å²) in [6.07, 6.45) is 0. The Hall–Kier alpha value is -1.84. The molecule has 1 amide bonds. The second-order valence-electron chi connectivity index (χ2n) is 6.52. The van der Waals surface area contributed by atoms with Crippen LogP contribution in [0.2, 0.25) is 0 Å². The van der Waals surface area contributed by atoms with Gasteiger partial charge in [-0.15, -0.1) is 12.4 Å². The summed E-state index contributed by atoms with van der Waals surface area (Å²) >= 11 is 0. The van der Waals surface area contributed by atoms with Crippen molar-refractivity contribution in [1.29, 1.82) is 0 Å². The number of nitrogens with one attached hydrogen (secondary N) is 1. The van der Waals surface area contributed by atoms with Gasteiger partial charge in [0.25, 0.3) is 0 Å². The first-order chi connectivity index (χ1) is 10.4. The predicted octanol–water partition coefficient (Wildman–Crippen LogP) is 4.09. The highest BCUT2D eigenvalue weighted by Gasteiger charge is 2.19. The normalized spacial score (nSPS) is 12.2. The van der Waals surface area contributed by atoms with Crippen molar-refractivity contribution in [2.24, 2.45) is 5.73 Å². The molecule has 0 aliphatic carbocycles. The lowest BCUT2D eigenvalue weighted by atomic mass is 9.87. The van der Waals surface area contributed by atoms with Crippen molar-refractivity contribution in [1.82, 2.24) is 0 Å². The molecule has 0 aliphatic rings. The molecule has 0 aliphatic heterocycles. The van der Waals surface area contributed by atoms with Crippen LogP contribution in [0.25, 0.3) is 0 Å². The second-order valence-corrected chi connectivity index (χ2v) is 6.52. The van der Waals surface area contributed by atoms with Crippen LogP contribution in [0.4, 0.5) is 5.69 Å². The highest BCUT2D eigenvalue weighted by atomic mass is 35.5. The number of hydrogen-bond donors (Lipinski definition) is 2. The van der Waals surface area contributed by atoms with Crippen LogP contribution in [0.15, 0.2) is 54.6 Å².